The van der Waals surface area contributed by atoms with E-state index in [2.05, 4.69) is 9.88 Å². The highest BCUT2D eigenvalue weighted by Crippen LogP contribution is 2.32. The molecule has 22 heavy (non-hydrogen) atoms. The van der Waals surface area contributed by atoms with E-state index in [1.165, 1.54) is 12.8 Å². The van der Waals surface area contributed by atoms with Crippen molar-refractivity contribution < 1.29 is 14.7 Å². The number of carbonyl (C=O) groups is 2. The number of carboxylic acid groups (broad SMARTS) is 1. The van der Waals surface area contributed by atoms with Crippen LogP contribution in [0, 0.1) is 5.92 Å². The lowest BCUT2D eigenvalue weighted by Gasteiger charge is -2.23. The highest BCUT2D eigenvalue weighted by atomic mass is 16.4. The number of fused-ring (bicyclic) bond motifs is 1. The molecule has 0 radical (unpaired) electrons. The first-order valence-corrected chi connectivity index (χ1v) is 7.82. The Morgan fingerprint density at radius 1 is 1.27 bits per heavy atom. The summed E-state index contributed by atoms with van der Waals surface area (Å²) in [6.45, 7) is 2.91. The molecule has 2 aliphatic rings. The van der Waals surface area contributed by atoms with Gasteiger partial charge in [0.1, 0.15) is 5.82 Å². The average molecular weight is 303 g/mol. The van der Waals surface area contributed by atoms with Gasteiger partial charge in [0.15, 0.2) is 0 Å². The number of carboxylic acids is 1. The number of pyridine rings is 1. The molecule has 0 spiro atoms. The van der Waals surface area contributed by atoms with Gasteiger partial charge in [-0.1, -0.05) is 6.07 Å². The predicted octanol–water partition coefficient (Wildman–Crippen LogP) is 1.50. The lowest BCUT2D eigenvalue weighted by atomic mass is 10.2. The first-order chi connectivity index (χ1) is 10.6. The summed E-state index contributed by atoms with van der Waals surface area (Å²) in [7, 11) is 0. The average Bonchev–Trinajstić information content (AvgIpc) is 3.33. The maximum atomic E-state index is 12.2. The Morgan fingerprint density at radius 3 is 2.82 bits per heavy atom. The minimum absolute atomic E-state index is 0.0630. The number of hydrogen-bond donors (Lipinski definition) is 1. The van der Waals surface area contributed by atoms with Crippen LogP contribution in [0.4, 0.5) is 5.82 Å². The topological polar surface area (TPSA) is 73.7 Å². The van der Waals surface area contributed by atoms with Crippen LogP contribution in [0.5, 0.6) is 0 Å². The molecule has 1 aliphatic heterocycles. The highest BCUT2D eigenvalue weighted by Gasteiger charge is 2.29. The van der Waals surface area contributed by atoms with E-state index >= 15 is 0 Å². The van der Waals surface area contributed by atoms with E-state index in [0.717, 1.165) is 30.4 Å². The van der Waals surface area contributed by atoms with Crippen molar-refractivity contribution in [2.45, 2.75) is 32.2 Å². The van der Waals surface area contributed by atoms with Crippen LogP contribution >= 0.6 is 0 Å². The van der Waals surface area contributed by atoms with Gasteiger partial charge in [0.25, 0.3) is 0 Å². The Bertz CT molecular complexity index is 572. The van der Waals surface area contributed by atoms with E-state index in [0.29, 0.717) is 13.1 Å². The molecule has 0 bridgehead atoms. The van der Waals surface area contributed by atoms with Gasteiger partial charge in [0, 0.05) is 44.4 Å². The van der Waals surface area contributed by atoms with Crippen molar-refractivity contribution in [3.63, 3.8) is 0 Å². The molecule has 1 amide bonds. The van der Waals surface area contributed by atoms with E-state index in [4.69, 9.17) is 5.11 Å². The minimum Gasteiger partial charge on any atom is -0.481 e. The van der Waals surface area contributed by atoms with Crippen molar-refractivity contribution in [2.24, 2.45) is 5.92 Å². The maximum absolute atomic E-state index is 12.2. The third kappa shape index (κ3) is 3.55. The SMILES string of the molecule is O=C(O)CCC(=O)N1CCN(CC2CC2)c2ncccc2C1. The first kappa shape index (κ1) is 14.8. The van der Waals surface area contributed by atoms with Gasteiger partial charge >= 0.3 is 5.97 Å². The molecule has 2 heterocycles. The number of hydrogen-bond acceptors (Lipinski definition) is 4. The molecule has 6 nitrogen and oxygen atoms in total. The second-order valence-electron chi connectivity index (χ2n) is 6.08. The number of carbonyl (C=O) groups excluding carboxylic acids is 1. The van der Waals surface area contributed by atoms with Gasteiger partial charge < -0.3 is 14.9 Å². The monoisotopic (exact) mass is 303 g/mol. The summed E-state index contributed by atoms with van der Waals surface area (Å²) in [5.74, 6) is 0.707. The van der Waals surface area contributed by atoms with Crippen LogP contribution in [0.1, 0.15) is 31.2 Å². The number of nitrogens with zero attached hydrogens (tertiary/aromatic N) is 3. The third-order valence-corrected chi connectivity index (χ3v) is 4.25. The molecule has 1 aromatic rings. The Hall–Kier alpha value is -2.11. The van der Waals surface area contributed by atoms with Crippen molar-refractivity contribution >= 4 is 17.7 Å². The fourth-order valence-electron chi connectivity index (χ4n) is 2.85. The van der Waals surface area contributed by atoms with Crippen LogP contribution in [-0.2, 0) is 16.1 Å². The zero-order chi connectivity index (χ0) is 15.5. The van der Waals surface area contributed by atoms with E-state index in [1.807, 2.05) is 12.1 Å². The molecule has 1 aliphatic carbocycles. The van der Waals surface area contributed by atoms with Crippen LogP contribution in [0.15, 0.2) is 18.3 Å². The van der Waals surface area contributed by atoms with Crippen molar-refractivity contribution in [2.75, 3.05) is 24.5 Å². The smallest absolute Gasteiger partial charge is 0.303 e. The van der Waals surface area contributed by atoms with Crippen molar-refractivity contribution in [3.8, 4) is 0 Å². The van der Waals surface area contributed by atoms with Gasteiger partial charge in [0.05, 0.1) is 6.42 Å². The summed E-state index contributed by atoms with van der Waals surface area (Å²) >= 11 is 0. The molecule has 118 valence electrons. The second-order valence-corrected chi connectivity index (χ2v) is 6.08. The Kier molecular flexibility index (Phi) is 4.27. The molecule has 0 unspecified atom stereocenters. The van der Waals surface area contributed by atoms with Gasteiger partial charge in [0.2, 0.25) is 5.91 Å². The van der Waals surface area contributed by atoms with E-state index in [1.54, 1.807) is 11.1 Å². The number of amides is 1. The normalized spacial score (nSPS) is 17.8. The summed E-state index contributed by atoms with van der Waals surface area (Å²) in [5.41, 5.74) is 1.05. The zero-order valence-corrected chi connectivity index (χ0v) is 12.6. The summed E-state index contributed by atoms with van der Waals surface area (Å²) < 4.78 is 0. The lowest BCUT2D eigenvalue weighted by molar-refractivity contribution is -0.141. The Labute approximate surface area is 129 Å². The molecule has 6 heteroatoms. The Balaban J connectivity index is 1.73. The molecular weight excluding hydrogens is 282 g/mol. The quantitative estimate of drug-likeness (QED) is 0.892. The summed E-state index contributed by atoms with van der Waals surface area (Å²) in [6.07, 6.45) is 4.30. The number of aliphatic carboxylic acids is 1. The van der Waals surface area contributed by atoms with Crippen molar-refractivity contribution in [1.82, 2.24) is 9.88 Å². The predicted molar refractivity (Wildman–Crippen MR) is 81.5 cm³/mol. The standard InChI is InChI=1S/C16H21N3O3/c20-14(5-6-15(21)22)18-8-9-19(10-12-3-4-12)16-13(11-18)2-1-7-17-16/h1-2,7,12H,3-6,8-11H2,(H,21,22). The van der Waals surface area contributed by atoms with Gasteiger partial charge in [-0.05, 0) is 24.8 Å². The van der Waals surface area contributed by atoms with E-state index in [-0.39, 0.29) is 18.7 Å². The van der Waals surface area contributed by atoms with Gasteiger partial charge in [-0.2, -0.15) is 0 Å². The van der Waals surface area contributed by atoms with E-state index in [9.17, 15) is 9.59 Å². The van der Waals surface area contributed by atoms with Crippen LogP contribution in [-0.4, -0.2) is 46.5 Å². The number of rotatable bonds is 5. The van der Waals surface area contributed by atoms with Gasteiger partial charge in [-0.3, -0.25) is 9.59 Å². The molecule has 0 saturated heterocycles. The largest absolute Gasteiger partial charge is 0.481 e. The van der Waals surface area contributed by atoms with Gasteiger partial charge in [-0.25, -0.2) is 4.98 Å². The molecule has 0 aromatic carbocycles. The van der Waals surface area contributed by atoms with Gasteiger partial charge in [-0.15, -0.1) is 0 Å². The molecule has 1 N–H and O–H groups in total. The molecule has 3 rings (SSSR count). The fraction of sp³-hybridized carbons (Fsp3) is 0.562. The highest BCUT2D eigenvalue weighted by molar-refractivity contribution is 5.81. The minimum atomic E-state index is -0.930. The molecule has 1 aromatic heterocycles. The fourth-order valence-corrected chi connectivity index (χ4v) is 2.85. The van der Waals surface area contributed by atoms with Crippen LogP contribution < -0.4 is 4.90 Å². The first-order valence-electron chi connectivity index (χ1n) is 7.82. The number of aromatic nitrogens is 1. The summed E-state index contributed by atoms with van der Waals surface area (Å²) in [6, 6.07) is 3.89. The molecule has 1 saturated carbocycles. The van der Waals surface area contributed by atoms with Crippen LogP contribution in [0.2, 0.25) is 0 Å². The summed E-state index contributed by atoms with van der Waals surface area (Å²) in [4.78, 5) is 31.4. The molecule has 0 atom stereocenters. The van der Waals surface area contributed by atoms with Crippen molar-refractivity contribution in [3.05, 3.63) is 23.9 Å². The lowest BCUT2D eigenvalue weighted by Crippen LogP contribution is -2.36. The molecule has 1 fully saturated rings. The third-order valence-electron chi connectivity index (χ3n) is 4.25. The van der Waals surface area contributed by atoms with E-state index < -0.39 is 5.97 Å². The van der Waals surface area contributed by atoms with Crippen molar-refractivity contribution in [1.29, 1.82) is 0 Å². The second kappa shape index (κ2) is 6.34. The molecular formula is C16H21N3O3. The Morgan fingerprint density at radius 2 is 2.09 bits per heavy atom. The number of anilines is 1. The maximum Gasteiger partial charge on any atom is 0.303 e. The zero-order valence-electron chi connectivity index (χ0n) is 12.6. The summed E-state index contributed by atoms with van der Waals surface area (Å²) in [5, 5.41) is 8.73. The van der Waals surface area contributed by atoms with Crippen LogP contribution in [0.3, 0.4) is 0 Å². The van der Waals surface area contributed by atoms with Crippen LogP contribution in [0.25, 0.3) is 0 Å².